The maximum Gasteiger partial charge on any atom is 0.261 e. The molecule has 1 aromatic rings. The van der Waals surface area contributed by atoms with Gasteiger partial charge in [-0.1, -0.05) is 31.7 Å². The minimum Gasteiger partial charge on any atom is -0.497 e. The predicted octanol–water partition coefficient (Wildman–Crippen LogP) is 2.16. The van der Waals surface area contributed by atoms with Gasteiger partial charge in [0.25, 0.3) is 5.91 Å². The summed E-state index contributed by atoms with van der Waals surface area (Å²) in [5.41, 5.74) is 4.64. The maximum absolute atomic E-state index is 12.5. The number of ether oxygens (including phenoxy) is 2. The van der Waals surface area contributed by atoms with Crippen molar-refractivity contribution in [3.05, 3.63) is 24.3 Å². The van der Waals surface area contributed by atoms with Gasteiger partial charge in [-0.2, -0.15) is 0 Å². The lowest BCUT2D eigenvalue weighted by Crippen LogP contribution is -2.59. The minimum absolute atomic E-state index is 0.335. The van der Waals surface area contributed by atoms with Gasteiger partial charge in [-0.25, -0.2) is 0 Å². The average Bonchev–Trinajstić information content (AvgIpc) is 2.81. The molecular formula is C18H26N2O4. The van der Waals surface area contributed by atoms with E-state index in [1.54, 1.807) is 38.3 Å². The Bertz CT molecular complexity index is 580. The standard InChI is InChI=1S/C18H26N2O4/c1-13(24-15-9-7-8-14(12-15)23-2)16(21)20-18(17(19)22)10-5-3-4-6-11-18/h7-9,12-13H,3-6,10-11H2,1-2H3,(H2,19,22)(H,20,21)/t13-/m0/s1. The molecular weight excluding hydrogens is 308 g/mol. The molecule has 6 heteroatoms. The lowest BCUT2D eigenvalue weighted by Gasteiger charge is -2.31. The minimum atomic E-state index is -0.959. The Morgan fingerprint density at radius 2 is 1.79 bits per heavy atom. The highest BCUT2D eigenvalue weighted by Crippen LogP contribution is 2.27. The number of hydrogen-bond donors (Lipinski definition) is 2. The van der Waals surface area contributed by atoms with Crippen LogP contribution in [0.25, 0.3) is 0 Å². The number of hydrogen-bond acceptors (Lipinski definition) is 4. The molecule has 0 radical (unpaired) electrons. The van der Waals surface area contributed by atoms with Gasteiger partial charge >= 0.3 is 0 Å². The van der Waals surface area contributed by atoms with Crippen LogP contribution in [0, 0.1) is 0 Å². The van der Waals surface area contributed by atoms with E-state index in [0.29, 0.717) is 24.3 Å². The van der Waals surface area contributed by atoms with Gasteiger partial charge in [-0.05, 0) is 31.9 Å². The van der Waals surface area contributed by atoms with Crippen molar-refractivity contribution in [1.82, 2.24) is 5.32 Å². The molecule has 1 atom stereocenters. The fourth-order valence-electron chi connectivity index (χ4n) is 3.03. The zero-order valence-electron chi connectivity index (χ0n) is 14.3. The molecule has 3 N–H and O–H groups in total. The average molecular weight is 334 g/mol. The van der Waals surface area contributed by atoms with E-state index in [4.69, 9.17) is 15.2 Å². The first kappa shape index (κ1) is 18.1. The fraction of sp³-hybridized carbons (Fsp3) is 0.556. The largest absolute Gasteiger partial charge is 0.497 e. The van der Waals surface area contributed by atoms with E-state index in [1.165, 1.54) is 0 Å². The SMILES string of the molecule is COc1cccc(O[C@@H](C)C(=O)NC2(C(N)=O)CCCCCC2)c1. The highest BCUT2D eigenvalue weighted by Gasteiger charge is 2.39. The monoisotopic (exact) mass is 334 g/mol. The summed E-state index contributed by atoms with van der Waals surface area (Å²) in [5, 5.41) is 2.85. The molecule has 0 saturated heterocycles. The van der Waals surface area contributed by atoms with Crippen molar-refractivity contribution < 1.29 is 19.1 Å². The van der Waals surface area contributed by atoms with Gasteiger partial charge < -0.3 is 20.5 Å². The Balaban J connectivity index is 2.04. The van der Waals surface area contributed by atoms with Crippen molar-refractivity contribution in [2.75, 3.05) is 7.11 Å². The zero-order valence-corrected chi connectivity index (χ0v) is 14.3. The molecule has 0 spiro atoms. The van der Waals surface area contributed by atoms with Crippen molar-refractivity contribution in [2.24, 2.45) is 5.73 Å². The Kier molecular flexibility index (Phi) is 6.06. The third-order valence-corrected chi connectivity index (χ3v) is 4.51. The van der Waals surface area contributed by atoms with Crippen molar-refractivity contribution in [1.29, 1.82) is 0 Å². The van der Waals surface area contributed by atoms with Gasteiger partial charge in [-0.15, -0.1) is 0 Å². The molecule has 0 heterocycles. The van der Waals surface area contributed by atoms with Crippen molar-refractivity contribution in [3.63, 3.8) is 0 Å². The zero-order chi connectivity index (χ0) is 17.6. The van der Waals surface area contributed by atoms with E-state index in [2.05, 4.69) is 5.32 Å². The highest BCUT2D eigenvalue weighted by molar-refractivity contribution is 5.91. The van der Waals surface area contributed by atoms with Crippen molar-refractivity contribution in [3.8, 4) is 11.5 Å². The molecule has 1 aliphatic carbocycles. The van der Waals surface area contributed by atoms with Crippen molar-refractivity contribution in [2.45, 2.75) is 57.1 Å². The number of methoxy groups -OCH3 is 1. The van der Waals surface area contributed by atoms with Crippen LogP contribution in [0.1, 0.15) is 45.4 Å². The van der Waals surface area contributed by atoms with Crippen LogP contribution in [0.4, 0.5) is 0 Å². The third kappa shape index (κ3) is 4.40. The van der Waals surface area contributed by atoms with E-state index in [1.807, 2.05) is 0 Å². The number of amides is 2. The Hall–Kier alpha value is -2.24. The van der Waals surface area contributed by atoms with Gasteiger partial charge in [0.1, 0.15) is 17.0 Å². The van der Waals surface area contributed by atoms with Crippen LogP contribution in [0.5, 0.6) is 11.5 Å². The van der Waals surface area contributed by atoms with Gasteiger partial charge in [0.15, 0.2) is 6.10 Å². The predicted molar refractivity (Wildman–Crippen MR) is 90.9 cm³/mol. The fourth-order valence-corrected chi connectivity index (χ4v) is 3.03. The van der Waals surface area contributed by atoms with Crippen LogP contribution in [0.3, 0.4) is 0 Å². The molecule has 2 amide bonds. The summed E-state index contributed by atoms with van der Waals surface area (Å²) >= 11 is 0. The van der Waals surface area contributed by atoms with Gasteiger partial charge in [0.2, 0.25) is 5.91 Å². The summed E-state index contributed by atoms with van der Waals surface area (Å²) in [6.45, 7) is 1.65. The molecule has 6 nitrogen and oxygen atoms in total. The van der Waals surface area contributed by atoms with Gasteiger partial charge in [0, 0.05) is 6.07 Å². The number of carbonyl (C=O) groups is 2. The van der Waals surface area contributed by atoms with E-state index in [9.17, 15) is 9.59 Å². The summed E-state index contributed by atoms with van der Waals surface area (Å²) < 4.78 is 10.8. The summed E-state index contributed by atoms with van der Waals surface area (Å²) in [7, 11) is 1.57. The summed E-state index contributed by atoms with van der Waals surface area (Å²) in [6, 6.07) is 7.04. The van der Waals surface area contributed by atoms with Gasteiger partial charge in [-0.3, -0.25) is 9.59 Å². The van der Waals surface area contributed by atoms with Crippen molar-refractivity contribution >= 4 is 11.8 Å². The van der Waals surface area contributed by atoms with E-state index in [-0.39, 0.29) is 5.91 Å². The molecule has 1 fully saturated rings. The second kappa shape index (κ2) is 8.04. The molecule has 132 valence electrons. The first-order chi connectivity index (χ1) is 11.5. The molecule has 1 saturated carbocycles. The van der Waals surface area contributed by atoms with Crippen LogP contribution in [0.15, 0.2) is 24.3 Å². The number of primary amides is 1. The lowest BCUT2D eigenvalue weighted by atomic mass is 9.89. The number of nitrogens with one attached hydrogen (secondary N) is 1. The topological polar surface area (TPSA) is 90.7 Å². The van der Waals surface area contributed by atoms with E-state index in [0.717, 1.165) is 25.7 Å². The van der Waals surface area contributed by atoms with Crippen LogP contribution in [-0.2, 0) is 9.59 Å². The van der Waals surface area contributed by atoms with Crippen LogP contribution >= 0.6 is 0 Å². The smallest absolute Gasteiger partial charge is 0.261 e. The van der Waals surface area contributed by atoms with Crippen LogP contribution < -0.4 is 20.5 Å². The van der Waals surface area contributed by atoms with Crippen LogP contribution in [0.2, 0.25) is 0 Å². The second-order valence-electron chi connectivity index (χ2n) is 6.29. The molecule has 1 aliphatic rings. The summed E-state index contributed by atoms with van der Waals surface area (Å²) in [4.78, 5) is 24.5. The molecule has 0 bridgehead atoms. The number of nitrogens with two attached hydrogens (primary N) is 1. The number of carbonyl (C=O) groups excluding carboxylic acids is 2. The number of rotatable bonds is 6. The van der Waals surface area contributed by atoms with E-state index < -0.39 is 17.6 Å². The Morgan fingerprint density at radius 1 is 1.17 bits per heavy atom. The first-order valence-electron chi connectivity index (χ1n) is 8.39. The normalized spacial score (nSPS) is 18.1. The lowest BCUT2D eigenvalue weighted by molar-refractivity contribution is -0.135. The molecule has 1 aromatic carbocycles. The molecule has 24 heavy (non-hydrogen) atoms. The molecule has 0 aliphatic heterocycles. The molecule has 2 rings (SSSR count). The Morgan fingerprint density at radius 3 is 2.38 bits per heavy atom. The highest BCUT2D eigenvalue weighted by atomic mass is 16.5. The van der Waals surface area contributed by atoms with Gasteiger partial charge in [0.05, 0.1) is 7.11 Å². The maximum atomic E-state index is 12.5. The van der Waals surface area contributed by atoms with E-state index >= 15 is 0 Å². The quantitative estimate of drug-likeness (QED) is 0.780. The summed E-state index contributed by atoms with van der Waals surface area (Å²) in [6.07, 6.45) is 4.31. The summed E-state index contributed by atoms with van der Waals surface area (Å²) in [5.74, 6) is 0.383. The molecule has 0 unspecified atom stereocenters. The third-order valence-electron chi connectivity index (χ3n) is 4.51. The molecule has 0 aromatic heterocycles. The second-order valence-corrected chi connectivity index (χ2v) is 6.29. The number of benzene rings is 1. The first-order valence-corrected chi connectivity index (χ1v) is 8.39. The van der Waals surface area contributed by atoms with Crippen LogP contribution in [-0.4, -0.2) is 30.6 Å². The Labute approximate surface area is 142 Å².